The summed E-state index contributed by atoms with van der Waals surface area (Å²) in [6.45, 7) is 16.2. The lowest BCUT2D eigenvalue weighted by Crippen LogP contribution is -2.61. The quantitative estimate of drug-likeness (QED) is 0.0692. The van der Waals surface area contributed by atoms with Crippen molar-refractivity contribution in [3.63, 3.8) is 0 Å². The first-order valence-electron chi connectivity index (χ1n) is 30.4. The van der Waals surface area contributed by atoms with Crippen LogP contribution in [-0.2, 0) is 70.3 Å². The monoisotopic (exact) mass is 1230 g/mol. The number of Topliss-reactive ketones (excluding diaryl/α,β-unsaturated/α-hetero) is 1. The normalized spacial score (nSPS) is 23.9. The highest BCUT2D eigenvalue weighted by molar-refractivity contribution is 6.05. The van der Waals surface area contributed by atoms with Crippen molar-refractivity contribution in [1.29, 1.82) is 0 Å². The third kappa shape index (κ3) is 18.6. The summed E-state index contributed by atoms with van der Waals surface area (Å²) in [7, 11) is 7.87. The van der Waals surface area contributed by atoms with Gasteiger partial charge in [-0.1, -0.05) is 73.9 Å². The first kappa shape index (κ1) is 70.9. The van der Waals surface area contributed by atoms with Gasteiger partial charge in [0.1, 0.15) is 47.6 Å². The molecule has 88 heavy (non-hydrogen) atoms. The van der Waals surface area contributed by atoms with Crippen LogP contribution in [-0.4, -0.2) is 182 Å². The lowest BCUT2D eigenvalue weighted by atomic mass is 9.91. The lowest BCUT2D eigenvalue weighted by molar-refractivity contribution is -0.163. The molecule has 7 amide bonds. The second-order valence-electron chi connectivity index (χ2n) is 24.8. The Balaban J connectivity index is 1.55. The van der Waals surface area contributed by atoms with Crippen LogP contribution in [0.25, 0.3) is 11.0 Å². The first-order valence-corrected chi connectivity index (χ1v) is 30.4. The molecule has 24 heteroatoms. The highest BCUT2D eigenvalue weighted by atomic mass is 16.6. The van der Waals surface area contributed by atoms with E-state index in [4.69, 9.17) is 18.6 Å². The molecule has 24 nitrogen and oxygen atoms in total. The lowest BCUT2D eigenvalue weighted by Gasteiger charge is -2.36. The summed E-state index contributed by atoms with van der Waals surface area (Å²) in [5.41, 5.74) is 1.26. The number of hydrogen-bond acceptors (Lipinski definition) is 17. The van der Waals surface area contributed by atoms with Crippen LogP contribution in [0.4, 0.5) is 5.69 Å². The number of aliphatic hydroxyl groups is 1. The largest absolute Gasteiger partial charge is 0.497 e. The van der Waals surface area contributed by atoms with E-state index in [1.165, 1.54) is 50.9 Å². The molecule has 0 saturated carbocycles. The zero-order valence-corrected chi connectivity index (χ0v) is 53.6. The van der Waals surface area contributed by atoms with E-state index < -0.39 is 150 Å². The van der Waals surface area contributed by atoms with Gasteiger partial charge in [-0.25, -0.2) is 9.59 Å². The molecule has 2 saturated heterocycles. The van der Waals surface area contributed by atoms with Crippen LogP contribution in [0.15, 0.2) is 57.7 Å². The Bertz CT molecular complexity index is 3050. The Kier molecular flexibility index (Phi) is 25.6. The molecule has 11 atom stereocenters. The van der Waals surface area contributed by atoms with E-state index in [0.717, 1.165) is 10.6 Å². The van der Waals surface area contributed by atoms with Gasteiger partial charge in [0.2, 0.25) is 41.4 Å². The highest BCUT2D eigenvalue weighted by Gasteiger charge is 2.45. The first-order chi connectivity index (χ1) is 41.4. The predicted molar refractivity (Wildman–Crippen MR) is 327 cm³/mol. The van der Waals surface area contributed by atoms with Crippen LogP contribution >= 0.6 is 0 Å². The van der Waals surface area contributed by atoms with E-state index in [2.05, 4.69) is 21.3 Å². The van der Waals surface area contributed by atoms with Gasteiger partial charge in [0.05, 0.1) is 44.6 Å². The van der Waals surface area contributed by atoms with Crippen molar-refractivity contribution < 1.29 is 71.7 Å². The number of hydrogen-bond donors (Lipinski definition) is 5. The Hall–Kier alpha value is -7.89. The third-order valence-corrected chi connectivity index (χ3v) is 16.5. The highest BCUT2D eigenvalue weighted by Crippen LogP contribution is 2.27. The molecule has 5 N–H and O–H groups in total. The molecule has 2 aliphatic rings. The maximum absolute atomic E-state index is 15.1. The van der Waals surface area contributed by atoms with Gasteiger partial charge in [-0.15, -0.1) is 0 Å². The van der Waals surface area contributed by atoms with Crippen molar-refractivity contribution in [2.45, 2.75) is 175 Å². The number of aliphatic hydroxyl groups excluding tert-OH is 1. The van der Waals surface area contributed by atoms with Gasteiger partial charge in [-0.05, 0) is 98.6 Å². The van der Waals surface area contributed by atoms with Gasteiger partial charge in [-0.3, -0.25) is 43.2 Å². The van der Waals surface area contributed by atoms with Gasteiger partial charge in [0, 0.05) is 64.4 Å². The van der Waals surface area contributed by atoms with Crippen molar-refractivity contribution in [3.05, 3.63) is 70.1 Å². The summed E-state index contributed by atoms with van der Waals surface area (Å²) in [5, 5.41) is 23.2. The van der Waals surface area contributed by atoms with Crippen molar-refractivity contribution in [1.82, 2.24) is 36.0 Å². The average molecular weight is 1230 g/mol. The van der Waals surface area contributed by atoms with Gasteiger partial charge >= 0.3 is 17.6 Å². The number of ether oxygens (including phenoxy) is 3. The Morgan fingerprint density at radius 3 is 2.12 bits per heavy atom. The molecule has 484 valence electrons. The van der Waals surface area contributed by atoms with Crippen molar-refractivity contribution in [2.75, 3.05) is 53.3 Å². The summed E-state index contributed by atoms with van der Waals surface area (Å²) >= 11 is 0. The predicted octanol–water partition coefficient (Wildman–Crippen LogP) is 3.48. The molecule has 2 aliphatic heterocycles. The molecule has 5 rings (SSSR count). The van der Waals surface area contributed by atoms with E-state index in [0.29, 0.717) is 35.1 Å². The molecule has 0 bridgehead atoms. The fraction of sp³-hybridized carbons (Fsp3) is 0.609. The maximum atomic E-state index is 15.1. The van der Waals surface area contributed by atoms with Gasteiger partial charge in [0.25, 0.3) is 0 Å². The molecule has 0 radical (unpaired) electrons. The summed E-state index contributed by atoms with van der Waals surface area (Å²) < 4.78 is 22.7. The zero-order chi connectivity index (χ0) is 65.6. The number of anilines is 1. The van der Waals surface area contributed by atoms with Crippen molar-refractivity contribution in [3.8, 4) is 5.75 Å². The number of methoxy groups -OCH3 is 1. The Labute approximate surface area is 515 Å². The molecular formula is C64H92N8O16. The van der Waals surface area contributed by atoms with E-state index >= 15 is 9.59 Å². The smallest absolute Gasteiger partial charge is 0.336 e. The molecule has 3 heterocycles. The zero-order valence-electron chi connectivity index (χ0n) is 53.6. The second-order valence-corrected chi connectivity index (χ2v) is 24.8. The number of likely N-dealkylation sites (N-methyl/N-ethyl adjacent to an activating group) is 2. The Morgan fingerprint density at radius 2 is 1.52 bits per heavy atom. The van der Waals surface area contributed by atoms with E-state index in [9.17, 15) is 48.3 Å². The molecule has 3 aromatic rings. The number of nitrogens with zero attached hydrogens (tertiary/aromatic N) is 4. The minimum Gasteiger partial charge on any atom is -0.497 e. The average Bonchev–Trinajstić information content (AvgIpc) is 1.60. The van der Waals surface area contributed by atoms with Crippen LogP contribution in [0.1, 0.15) is 119 Å². The summed E-state index contributed by atoms with van der Waals surface area (Å²) in [4.78, 5) is 162. The van der Waals surface area contributed by atoms with Gasteiger partial charge < -0.3 is 64.6 Å². The number of ketones is 1. The van der Waals surface area contributed by atoms with E-state index in [1.54, 1.807) is 84.0 Å². The number of nitrogens with one attached hydrogen (secondary N) is 4. The number of carbonyl (C=O) groups excluding carboxylic acids is 10. The Morgan fingerprint density at radius 1 is 0.852 bits per heavy atom. The molecule has 0 unspecified atom stereocenters. The van der Waals surface area contributed by atoms with Crippen LogP contribution in [0.2, 0.25) is 0 Å². The summed E-state index contributed by atoms with van der Waals surface area (Å²) in [5.74, 6) is -10.6. The molecule has 0 spiro atoms. The van der Waals surface area contributed by atoms with Crippen molar-refractivity contribution in [2.24, 2.45) is 29.6 Å². The summed E-state index contributed by atoms with van der Waals surface area (Å²) in [6, 6.07) is 4.99. The number of rotatable bonds is 18. The number of amides is 7. The maximum Gasteiger partial charge on any atom is 0.336 e. The number of carbonyl (C=O) groups is 10. The summed E-state index contributed by atoms with van der Waals surface area (Å²) in [6.07, 6.45) is -4.86. The standard InChI is InChI=1S/C64H92N8O16/c1-16-37(8)55-49(73)32-54(77)88-58(36(6)7)57(78)38(9)59(79)66-45(26-34(2)3)62(82)72-25-17-18-46(72)63(83)71(14)48(28-40-19-22-43(85-15)23-20-40)64(84)86-39(10)56(61(81)67-55)68-60(80)47(27-35(4)5)70(13)52(75)33-65-51(74)29-41-30-53(76)87-50-31-42(69(11)12)21-24-44(41)50/h19-24,30-31,34-39,45-49,55-56,58,73H,16-18,25-29,32-33H2,1-15H3,(H,65,74)(H,66,79)(H,67,81)(H,68,80)/t37-,38-,39+,45-,46-,47+,48-,49-,55+,56-,58-/m0/s1. The van der Waals surface area contributed by atoms with Crippen LogP contribution in [0.5, 0.6) is 5.75 Å². The molecule has 1 aromatic heterocycles. The fourth-order valence-electron chi connectivity index (χ4n) is 11.0. The SMILES string of the molecule is CC[C@H](C)[C@H]1NC(=O)[C@@H](NC(=O)[C@@H](CC(C)C)N(C)C(=O)CNC(=O)Cc2cc(=O)oc3cc(N(C)C)ccc23)[C@@H](C)OC(=O)[C@H](Cc2ccc(OC)cc2)N(C)C(=O)[C@@H]2CCCN2C(=O)[C@H](CC(C)C)NC(=O)[C@@H](C)C(=O)[C@H](C(C)C)OC(=O)C[C@@H]1O. The van der Waals surface area contributed by atoms with Gasteiger partial charge in [-0.2, -0.15) is 0 Å². The molecule has 2 fully saturated rings. The number of esters is 2. The van der Waals surface area contributed by atoms with E-state index in [1.807, 2.05) is 32.8 Å². The topological polar surface area (TPSA) is 310 Å². The van der Waals surface area contributed by atoms with Crippen LogP contribution in [0, 0.1) is 29.6 Å². The fourth-order valence-corrected chi connectivity index (χ4v) is 11.0. The van der Waals surface area contributed by atoms with Gasteiger partial charge in [0.15, 0.2) is 11.9 Å². The number of fused-ring (bicyclic) bond motifs is 2. The number of cyclic esters (lactones) is 2. The molecule has 2 aromatic carbocycles. The van der Waals surface area contributed by atoms with E-state index in [-0.39, 0.29) is 56.1 Å². The van der Waals surface area contributed by atoms with Crippen LogP contribution < -0.4 is 36.5 Å². The van der Waals surface area contributed by atoms with Crippen molar-refractivity contribution >= 4 is 75.7 Å². The third-order valence-electron chi connectivity index (χ3n) is 16.5. The second kappa shape index (κ2) is 31.8. The minimum atomic E-state index is -1.80. The minimum absolute atomic E-state index is 0.0280. The number of benzene rings is 2. The molecular weight excluding hydrogens is 1140 g/mol. The van der Waals surface area contributed by atoms with Crippen LogP contribution in [0.3, 0.4) is 0 Å². The molecule has 0 aliphatic carbocycles.